The number of amides is 3. The molecular weight excluding hydrogens is 486 g/mol. The fourth-order valence-corrected chi connectivity index (χ4v) is 5.94. The summed E-state index contributed by atoms with van der Waals surface area (Å²) in [6.45, 7) is 1.21. The molecule has 4 heterocycles. The molecule has 3 saturated heterocycles. The SMILES string of the molecule is N#Cc1ccc(N2C(=O)C3CN4CC(C(=O)c5cccc(Br)c5)[N+]3(C4)C2=O)c2cccnc12. The Balaban J connectivity index is 1.47. The highest BCUT2D eigenvalue weighted by molar-refractivity contribution is 9.10. The molecule has 3 amide bonds. The normalized spacial score (nSPS) is 27.8. The smallest absolute Gasteiger partial charge is 0.287 e. The van der Waals surface area contributed by atoms with Crippen LogP contribution in [0.4, 0.5) is 10.5 Å². The van der Waals surface area contributed by atoms with Gasteiger partial charge in [-0.1, -0.05) is 28.1 Å². The van der Waals surface area contributed by atoms with Crippen molar-refractivity contribution in [2.75, 3.05) is 24.7 Å². The Bertz CT molecular complexity index is 1430. The molecule has 3 aliphatic heterocycles. The number of benzene rings is 2. The van der Waals surface area contributed by atoms with E-state index in [1.807, 2.05) is 11.0 Å². The van der Waals surface area contributed by atoms with Crippen LogP contribution in [0.5, 0.6) is 0 Å². The number of quaternary nitrogens is 1. The Morgan fingerprint density at radius 3 is 2.79 bits per heavy atom. The van der Waals surface area contributed by atoms with E-state index in [0.29, 0.717) is 47.5 Å². The Kier molecular flexibility index (Phi) is 4.29. The second-order valence-electron chi connectivity index (χ2n) is 8.61. The lowest BCUT2D eigenvalue weighted by Crippen LogP contribution is -2.62. The van der Waals surface area contributed by atoms with Crippen molar-refractivity contribution < 1.29 is 18.9 Å². The lowest BCUT2D eigenvalue weighted by molar-refractivity contribution is -0.852. The van der Waals surface area contributed by atoms with E-state index in [1.165, 1.54) is 4.90 Å². The van der Waals surface area contributed by atoms with Crippen molar-refractivity contribution in [1.82, 2.24) is 9.88 Å². The highest BCUT2D eigenvalue weighted by atomic mass is 79.9. The maximum absolute atomic E-state index is 14.0. The largest absolute Gasteiger partial charge is 0.433 e. The van der Waals surface area contributed by atoms with Gasteiger partial charge in [0.25, 0.3) is 5.91 Å². The van der Waals surface area contributed by atoms with Crippen molar-refractivity contribution in [3.8, 4) is 6.07 Å². The van der Waals surface area contributed by atoms with Crippen LogP contribution >= 0.6 is 15.9 Å². The first kappa shape index (κ1) is 20.2. The second kappa shape index (κ2) is 7.02. The molecule has 6 rings (SSSR count). The lowest BCUT2D eigenvalue weighted by atomic mass is 9.99. The number of ketones is 1. The maximum Gasteiger partial charge on any atom is 0.433 e. The van der Waals surface area contributed by atoms with Crippen LogP contribution in [0, 0.1) is 11.3 Å². The van der Waals surface area contributed by atoms with E-state index in [1.54, 1.807) is 48.7 Å². The number of Topliss-reactive ketones (excluding diaryl/α,β-unsaturated/α-hetero) is 1. The molecule has 3 aliphatic rings. The van der Waals surface area contributed by atoms with Crippen LogP contribution in [0.1, 0.15) is 15.9 Å². The molecule has 162 valence electrons. The molecule has 4 unspecified atom stereocenters. The molecule has 0 aliphatic carbocycles. The minimum Gasteiger partial charge on any atom is -0.287 e. The summed E-state index contributed by atoms with van der Waals surface area (Å²) in [5.74, 6) is -0.457. The van der Waals surface area contributed by atoms with Crippen molar-refractivity contribution in [2.24, 2.45) is 0 Å². The number of nitrogens with zero attached hydrogens (tertiary/aromatic N) is 5. The monoisotopic (exact) mass is 502 g/mol. The van der Waals surface area contributed by atoms with Crippen LogP contribution in [0.2, 0.25) is 0 Å². The molecule has 0 N–H and O–H groups in total. The van der Waals surface area contributed by atoms with E-state index in [0.717, 1.165) is 4.47 Å². The number of nitriles is 1. The van der Waals surface area contributed by atoms with E-state index in [9.17, 15) is 19.6 Å². The molecule has 1 aromatic heterocycles. The predicted molar refractivity (Wildman–Crippen MR) is 122 cm³/mol. The Morgan fingerprint density at radius 1 is 1.15 bits per heavy atom. The van der Waals surface area contributed by atoms with Crippen molar-refractivity contribution in [3.63, 3.8) is 0 Å². The first-order valence-electron chi connectivity index (χ1n) is 10.5. The van der Waals surface area contributed by atoms with Gasteiger partial charge in [-0.2, -0.15) is 10.2 Å². The summed E-state index contributed by atoms with van der Waals surface area (Å²) in [7, 11) is 0. The number of imide groups is 1. The van der Waals surface area contributed by atoms with Crippen LogP contribution in [-0.4, -0.2) is 63.9 Å². The van der Waals surface area contributed by atoms with Gasteiger partial charge in [0.1, 0.15) is 12.7 Å². The first-order chi connectivity index (χ1) is 16.0. The third kappa shape index (κ3) is 2.63. The number of carbonyl (C=O) groups excluding carboxylic acids is 3. The minimum absolute atomic E-state index is 0.141. The lowest BCUT2D eigenvalue weighted by Gasteiger charge is -2.32. The van der Waals surface area contributed by atoms with E-state index in [2.05, 4.69) is 27.0 Å². The number of urea groups is 1. The van der Waals surface area contributed by atoms with Crippen LogP contribution in [0.15, 0.2) is 59.2 Å². The summed E-state index contributed by atoms with van der Waals surface area (Å²) in [6.07, 6.45) is 1.57. The summed E-state index contributed by atoms with van der Waals surface area (Å²) in [6, 6.07) is 14.2. The number of hydrogen-bond acceptors (Lipinski definition) is 6. The fourth-order valence-electron chi connectivity index (χ4n) is 5.54. The molecule has 3 aromatic rings. The summed E-state index contributed by atoms with van der Waals surface area (Å²) in [4.78, 5) is 48.6. The number of carbonyl (C=O) groups is 3. The summed E-state index contributed by atoms with van der Waals surface area (Å²) >= 11 is 3.41. The number of anilines is 1. The Labute approximate surface area is 197 Å². The zero-order valence-electron chi connectivity index (χ0n) is 17.3. The van der Waals surface area contributed by atoms with Gasteiger partial charge in [0.2, 0.25) is 5.78 Å². The zero-order valence-corrected chi connectivity index (χ0v) is 18.9. The molecule has 9 heteroatoms. The number of hydrogen-bond donors (Lipinski definition) is 0. The zero-order chi connectivity index (χ0) is 22.9. The molecule has 1 spiro atoms. The number of pyridine rings is 1. The van der Waals surface area contributed by atoms with Crippen LogP contribution in [0.3, 0.4) is 0 Å². The third-order valence-electron chi connectivity index (χ3n) is 6.98. The van der Waals surface area contributed by atoms with Gasteiger partial charge in [0.15, 0.2) is 12.1 Å². The van der Waals surface area contributed by atoms with Gasteiger partial charge in [-0.15, -0.1) is 0 Å². The number of rotatable bonds is 3. The standard InChI is InChI=1S/C24H17BrN5O3/c25-16-4-1-3-14(9-16)22(31)19-11-28-12-20-23(32)29(24(33)30(19,20)13-28)18-7-6-15(10-26)21-17(18)5-2-8-27-21/h1-9,19-20H,11-13H2/q+1. The van der Waals surface area contributed by atoms with E-state index in [4.69, 9.17) is 0 Å². The quantitative estimate of drug-likeness (QED) is 0.310. The van der Waals surface area contributed by atoms with Gasteiger partial charge in [-0.25, -0.2) is 14.2 Å². The second-order valence-corrected chi connectivity index (χ2v) is 9.53. The topological polar surface area (TPSA) is 94.4 Å². The van der Waals surface area contributed by atoms with E-state index >= 15 is 0 Å². The summed E-state index contributed by atoms with van der Waals surface area (Å²) in [5.41, 5.74) is 1.73. The fraction of sp³-hybridized carbons (Fsp3) is 0.208. The van der Waals surface area contributed by atoms with Crippen LogP contribution in [-0.2, 0) is 4.79 Å². The number of piperazine rings is 1. The highest BCUT2D eigenvalue weighted by Gasteiger charge is 2.73. The van der Waals surface area contributed by atoms with Crippen molar-refractivity contribution in [1.29, 1.82) is 5.26 Å². The van der Waals surface area contributed by atoms with Gasteiger partial charge in [0, 0.05) is 21.6 Å². The molecule has 0 radical (unpaired) electrons. The molecule has 33 heavy (non-hydrogen) atoms. The molecule has 0 saturated carbocycles. The highest BCUT2D eigenvalue weighted by Crippen LogP contribution is 2.45. The minimum atomic E-state index is -0.651. The third-order valence-corrected chi connectivity index (χ3v) is 7.47. The number of fused-ring (bicyclic) bond motifs is 2. The molecular formula is C24H17BrN5O3+. The summed E-state index contributed by atoms with van der Waals surface area (Å²) in [5, 5.41) is 10.0. The average Bonchev–Trinajstić information content (AvgIpc) is 3.46. The Hall–Kier alpha value is -3.45. The van der Waals surface area contributed by atoms with Gasteiger partial charge < -0.3 is 0 Å². The van der Waals surface area contributed by atoms with Crippen molar-refractivity contribution in [2.45, 2.75) is 12.1 Å². The van der Waals surface area contributed by atoms with Crippen molar-refractivity contribution in [3.05, 3.63) is 70.3 Å². The first-order valence-corrected chi connectivity index (χ1v) is 11.3. The van der Waals surface area contributed by atoms with Crippen molar-refractivity contribution >= 4 is 50.2 Å². The Morgan fingerprint density at radius 2 is 2.00 bits per heavy atom. The van der Waals surface area contributed by atoms with Crippen LogP contribution < -0.4 is 4.90 Å². The number of halogens is 1. The molecule has 8 nitrogen and oxygen atoms in total. The van der Waals surface area contributed by atoms with Gasteiger partial charge in [-0.05, 0) is 36.4 Å². The average molecular weight is 503 g/mol. The molecule has 4 atom stereocenters. The summed E-state index contributed by atoms with van der Waals surface area (Å²) < 4.78 is 0.580. The van der Waals surface area contributed by atoms with Gasteiger partial charge in [0.05, 0.1) is 29.9 Å². The van der Waals surface area contributed by atoms with E-state index < -0.39 is 18.1 Å². The van der Waals surface area contributed by atoms with Gasteiger partial charge >= 0.3 is 6.03 Å². The number of aromatic nitrogens is 1. The molecule has 3 fully saturated rings. The maximum atomic E-state index is 14.0. The molecule has 2 aromatic carbocycles. The van der Waals surface area contributed by atoms with Gasteiger partial charge in [-0.3, -0.25) is 14.6 Å². The molecule has 2 bridgehead atoms. The van der Waals surface area contributed by atoms with Crippen LogP contribution in [0.25, 0.3) is 10.9 Å². The predicted octanol–water partition coefficient (Wildman–Crippen LogP) is 3.06. The van der Waals surface area contributed by atoms with E-state index in [-0.39, 0.29) is 16.2 Å².